The Morgan fingerprint density at radius 2 is 1.79 bits per heavy atom. The van der Waals surface area contributed by atoms with E-state index in [-0.39, 0.29) is 11.3 Å². The zero-order valence-corrected chi connectivity index (χ0v) is 12.2. The molecular weight excluding hydrogens is 240 g/mol. The van der Waals surface area contributed by atoms with Crippen LogP contribution in [0.25, 0.3) is 0 Å². The Balaban J connectivity index is 2.09. The molecule has 5 heteroatoms. The van der Waals surface area contributed by atoms with Gasteiger partial charge in [0.15, 0.2) is 0 Å². The molecule has 2 rings (SSSR count). The van der Waals surface area contributed by atoms with Crippen molar-refractivity contribution in [2.45, 2.75) is 33.6 Å². The van der Waals surface area contributed by atoms with Crippen LogP contribution in [0.4, 0.5) is 5.95 Å². The van der Waals surface area contributed by atoms with Gasteiger partial charge >= 0.3 is 0 Å². The number of carbonyl (C=O) groups is 1. The highest BCUT2D eigenvalue weighted by molar-refractivity contribution is 5.82. The maximum atomic E-state index is 11.9. The van der Waals surface area contributed by atoms with E-state index in [2.05, 4.69) is 20.2 Å². The summed E-state index contributed by atoms with van der Waals surface area (Å²) in [5, 5.41) is 2.76. The van der Waals surface area contributed by atoms with E-state index < -0.39 is 0 Å². The van der Waals surface area contributed by atoms with Crippen LogP contribution in [0.1, 0.15) is 31.2 Å². The quantitative estimate of drug-likeness (QED) is 0.876. The van der Waals surface area contributed by atoms with Gasteiger partial charge in [-0.2, -0.15) is 0 Å². The topological polar surface area (TPSA) is 58.1 Å². The van der Waals surface area contributed by atoms with Gasteiger partial charge in [-0.15, -0.1) is 0 Å². The Morgan fingerprint density at radius 3 is 2.26 bits per heavy atom. The van der Waals surface area contributed by atoms with Gasteiger partial charge in [-0.1, -0.05) is 6.92 Å². The molecule has 19 heavy (non-hydrogen) atoms. The van der Waals surface area contributed by atoms with Crippen LogP contribution in [0, 0.1) is 19.3 Å². The summed E-state index contributed by atoms with van der Waals surface area (Å²) < 4.78 is 0. The second-order valence-electron chi connectivity index (χ2n) is 5.58. The average Bonchev–Trinajstić information content (AvgIpc) is 2.37. The molecule has 0 aromatic carbocycles. The number of aryl methyl sites for hydroxylation is 2. The van der Waals surface area contributed by atoms with Gasteiger partial charge in [0.05, 0.1) is 0 Å². The minimum absolute atomic E-state index is 0.133. The summed E-state index contributed by atoms with van der Waals surface area (Å²) in [5.74, 6) is 0.921. The van der Waals surface area contributed by atoms with Gasteiger partial charge in [-0.25, -0.2) is 9.97 Å². The van der Waals surface area contributed by atoms with Crippen molar-refractivity contribution in [3.63, 3.8) is 0 Å². The first-order valence-electron chi connectivity index (χ1n) is 6.74. The van der Waals surface area contributed by atoms with Crippen LogP contribution >= 0.6 is 0 Å². The fraction of sp³-hybridized carbons (Fsp3) is 0.643. The lowest BCUT2D eigenvalue weighted by atomic mass is 9.79. The molecule has 1 amide bonds. The van der Waals surface area contributed by atoms with E-state index in [9.17, 15) is 4.79 Å². The first-order chi connectivity index (χ1) is 8.94. The summed E-state index contributed by atoms with van der Waals surface area (Å²) in [4.78, 5) is 23.0. The number of hydrogen-bond acceptors (Lipinski definition) is 4. The van der Waals surface area contributed by atoms with E-state index in [1.807, 2.05) is 26.8 Å². The molecule has 0 atom stereocenters. The fourth-order valence-electron chi connectivity index (χ4n) is 2.58. The van der Waals surface area contributed by atoms with Crippen LogP contribution in [0.5, 0.6) is 0 Å². The summed E-state index contributed by atoms with van der Waals surface area (Å²) in [6, 6.07) is 1.97. The van der Waals surface area contributed by atoms with Crippen LogP contribution < -0.4 is 10.2 Å². The van der Waals surface area contributed by atoms with Crippen LogP contribution in [0.2, 0.25) is 0 Å². The Morgan fingerprint density at radius 1 is 1.26 bits per heavy atom. The molecule has 5 nitrogen and oxygen atoms in total. The van der Waals surface area contributed by atoms with Crippen LogP contribution in [0.15, 0.2) is 6.07 Å². The smallest absolute Gasteiger partial charge is 0.225 e. The number of rotatable bonds is 2. The minimum atomic E-state index is -0.260. The molecule has 104 valence electrons. The molecule has 0 radical (unpaired) electrons. The number of nitrogens with zero attached hydrogens (tertiary/aromatic N) is 3. The number of amides is 1. The number of nitrogens with one attached hydrogen (secondary N) is 1. The number of carbonyl (C=O) groups excluding carboxylic acids is 1. The number of hydrogen-bond donors (Lipinski definition) is 1. The normalized spacial score (nSPS) is 18.2. The highest BCUT2D eigenvalue weighted by Crippen LogP contribution is 2.32. The van der Waals surface area contributed by atoms with Crippen LogP contribution in [-0.2, 0) is 4.79 Å². The zero-order chi connectivity index (χ0) is 14.0. The summed E-state index contributed by atoms with van der Waals surface area (Å²) in [6.07, 6.45) is 1.67. The lowest BCUT2D eigenvalue weighted by Crippen LogP contribution is -2.46. The molecule has 1 aliphatic rings. The minimum Gasteiger partial charge on any atom is -0.359 e. The second kappa shape index (κ2) is 5.15. The maximum Gasteiger partial charge on any atom is 0.225 e. The average molecular weight is 262 g/mol. The molecule has 0 aliphatic carbocycles. The van der Waals surface area contributed by atoms with Gasteiger partial charge in [0.25, 0.3) is 0 Å². The van der Waals surface area contributed by atoms with Crippen molar-refractivity contribution in [2.24, 2.45) is 5.41 Å². The van der Waals surface area contributed by atoms with E-state index in [4.69, 9.17) is 0 Å². The SMILES string of the molecule is CNC(=O)C1(C)CCN(c2nc(C)cc(C)n2)CC1. The third kappa shape index (κ3) is 2.85. The lowest BCUT2D eigenvalue weighted by Gasteiger charge is -2.38. The van der Waals surface area contributed by atoms with Gasteiger partial charge in [-0.05, 0) is 32.8 Å². The highest BCUT2D eigenvalue weighted by Gasteiger charge is 2.36. The molecule has 1 aromatic rings. The third-order valence-electron chi connectivity index (χ3n) is 3.90. The van der Waals surface area contributed by atoms with Crippen molar-refractivity contribution in [1.29, 1.82) is 0 Å². The van der Waals surface area contributed by atoms with Crippen molar-refractivity contribution >= 4 is 11.9 Å². The number of piperidine rings is 1. The van der Waals surface area contributed by atoms with E-state index in [1.54, 1.807) is 7.05 Å². The van der Waals surface area contributed by atoms with E-state index in [1.165, 1.54) is 0 Å². The summed E-state index contributed by atoms with van der Waals surface area (Å²) in [5.41, 5.74) is 1.72. The summed E-state index contributed by atoms with van der Waals surface area (Å²) in [6.45, 7) is 7.65. The molecular formula is C14H22N4O. The van der Waals surface area contributed by atoms with Gasteiger partial charge in [-0.3, -0.25) is 4.79 Å². The van der Waals surface area contributed by atoms with E-state index >= 15 is 0 Å². The first-order valence-corrected chi connectivity index (χ1v) is 6.74. The third-order valence-corrected chi connectivity index (χ3v) is 3.90. The van der Waals surface area contributed by atoms with Crippen molar-refractivity contribution in [3.8, 4) is 0 Å². The predicted octanol–water partition coefficient (Wildman–Crippen LogP) is 1.45. The molecule has 0 unspecified atom stereocenters. The highest BCUT2D eigenvalue weighted by atomic mass is 16.2. The molecule has 1 N–H and O–H groups in total. The van der Waals surface area contributed by atoms with Gasteiger partial charge in [0, 0.05) is 36.9 Å². The van der Waals surface area contributed by atoms with E-state index in [0.717, 1.165) is 43.3 Å². The molecule has 1 aromatic heterocycles. The zero-order valence-electron chi connectivity index (χ0n) is 12.2. The second-order valence-corrected chi connectivity index (χ2v) is 5.58. The summed E-state index contributed by atoms with van der Waals surface area (Å²) in [7, 11) is 1.70. The van der Waals surface area contributed by atoms with Gasteiger partial charge < -0.3 is 10.2 Å². The first kappa shape index (κ1) is 13.8. The van der Waals surface area contributed by atoms with Crippen molar-refractivity contribution in [2.75, 3.05) is 25.0 Å². The van der Waals surface area contributed by atoms with Crippen molar-refractivity contribution in [1.82, 2.24) is 15.3 Å². The Labute approximate surface area is 114 Å². The van der Waals surface area contributed by atoms with Crippen LogP contribution in [0.3, 0.4) is 0 Å². The predicted molar refractivity (Wildman–Crippen MR) is 75.1 cm³/mol. The fourth-order valence-corrected chi connectivity index (χ4v) is 2.58. The number of anilines is 1. The van der Waals surface area contributed by atoms with E-state index in [0.29, 0.717) is 0 Å². The lowest BCUT2D eigenvalue weighted by molar-refractivity contribution is -0.130. The monoisotopic (exact) mass is 262 g/mol. The van der Waals surface area contributed by atoms with Gasteiger partial charge in [0.1, 0.15) is 0 Å². The standard InChI is InChI=1S/C14H22N4O/c1-10-9-11(2)17-13(16-10)18-7-5-14(3,6-8-18)12(19)15-4/h9H,5-8H2,1-4H3,(H,15,19). The molecule has 2 heterocycles. The molecule has 1 aliphatic heterocycles. The Kier molecular flexibility index (Phi) is 3.73. The molecule has 1 fully saturated rings. The van der Waals surface area contributed by atoms with Crippen LogP contribution in [-0.4, -0.2) is 36.0 Å². The maximum absolute atomic E-state index is 11.9. The summed E-state index contributed by atoms with van der Waals surface area (Å²) >= 11 is 0. The number of aromatic nitrogens is 2. The molecule has 0 bridgehead atoms. The molecule has 0 spiro atoms. The Bertz CT molecular complexity index is 458. The molecule has 1 saturated heterocycles. The van der Waals surface area contributed by atoms with Crippen molar-refractivity contribution < 1.29 is 4.79 Å². The molecule has 0 saturated carbocycles. The Hall–Kier alpha value is -1.65. The largest absolute Gasteiger partial charge is 0.359 e. The van der Waals surface area contributed by atoms with Crippen molar-refractivity contribution in [3.05, 3.63) is 17.5 Å². The van der Waals surface area contributed by atoms with Gasteiger partial charge in [0.2, 0.25) is 11.9 Å².